The lowest BCUT2D eigenvalue weighted by atomic mass is 10.2. The second-order valence-corrected chi connectivity index (χ2v) is 5.85. The van der Waals surface area contributed by atoms with Crippen molar-refractivity contribution in [2.75, 3.05) is 5.32 Å². The maximum absolute atomic E-state index is 11.3. The summed E-state index contributed by atoms with van der Waals surface area (Å²) in [5.74, 6) is 0.135. The van der Waals surface area contributed by atoms with E-state index in [0.29, 0.717) is 23.2 Å². The van der Waals surface area contributed by atoms with Gasteiger partial charge in [0.15, 0.2) is 5.58 Å². The highest BCUT2D eigenvalue weighted by atomic mass is 32.2. The monoisotopic (exact) mass is 318 g/mol. The number of nitrogens with one attached hydrogen (secondary N) is 1. The van der Waals surface area contributed by atoms with E-state index in [0.717, 1.165) is 0 Å². The van der Waals surface area contributed by atoms with Crippen LogP contribution in [0, 0.1) is 0 Å². The van der Waals surface area contributed by atoms with Crippen LogP contribution in [0.2, 0.25) is 0 Å². The Kier molecular flexibility index (Phi) is 3.39. The van der Waals surface area contributed by atoms with Crippen LogP contribution >= 0.6 is 0 Å². The molecule has 1 heterocycles. The van der Waals surface area contributed by atoms with Gasteiger partial charge in [-0.15, -0.1) is 0 Å². The highest BCUT2D eigenvalue weighted by molar-refractivity contribution is 7.85. The first-order valence-electron chi connectivity index (χ1n) is 6.17. The Hall–Kier alpha value is -2.71. The molecule has 0 atom stereocenters. The minimum Gasteiger partial charge on any atom is -0.436 e. The topological polar surface area (TPSA) is 110 Å². The summed E-state index contributed by atoms with van der Waals surface area (Å²) in [6, 6.07) is 10.7. The molecule has 1 amide bonds. The van der Waals surface area contributed by atoms with Gasteiger partial charge in [0.2, 0.25) is 12.3 Å². The van der Waals surface area contributed by atoms with Crippen LogP contribution in [0.25, 0.3) is 22.6 Å². The van der Waals surface area contributed by atoms with Crippen LogP contribution in [0.5, 0.6) is 0 Å². The maximum Gasteiger partial charge on any atom is 0.294 e. The fourth-order valence-electron chi connectivity index (χ4n) is 2.04. The molecule has 0 bridgehead atoms. The second kappa shape index (κ2) is 5.24. The first kappa shape index (κ1) is 14.2. The van der Waals surface area contributed by atoms with Gasteiger partial charge in [-0.05, 0) is 30.3 Å². The predicted octanol–water partition coefficient (Wildman–Crippen LogP) is 2.31. The Balaban J connectivity index is 2.23. The summed E-state index contributed by atoms with van der Waals surface area (Å²) in [7, 11) is -4.38. The number of carbonyl (C=O) groups excluding carboxylic acids is 1. The summed E-state index contributed by atoms with van der Waals surface area (Å²) < 4.78 is 37.3. The van der Waals surface area contributed by atoms with Gasteiger partial charge in [-0.3, -0.25) is 9.35 Å². The summed E-state index contributed by atoms with van der Waals surface area (Å²) in [4.78, 5) is 14.6. The number of fused-ring (bicyclic) bond motifs is 1. The zero-order valence-electron chi connectivity index (χ0n) is 11.1. The molecule has 0 spiro atoms. The molecule has 22 heavy (non-hydrogen) atoms. The Bertz CT molecular complexity index is 929. The first-order chi connectivity index (χ1) is 10.5. The smallest absolute Gasteiger partial charge is 0.294 e. The van der Waals surface area contributed by atoms with Crippen LogP contribution in [0.4, 0.5) is 5.69 Å². The van der Waals surface area contributed by atoms with Gasteiger partial charge in [-0.1, -0.05) is 12.1 Å². The highest BCUT2D eigenvalue weighted by Gasteiger charge is 2.17. The largest absolute Gasteiger partial charge is 0.436 e. The Morgan fingerprint density at radius 3 is 2.64 bits per heavy atom. The van der Waals surface area contributed by atoms with Crippen LogP contribution in [0.1, 0.15) is 0 Å². The molecule has 7 nitrogen and oxygen atoms in total. The van der Waals surface area contributed by atoms with Gasteiger partial charge in [0, 0.05) is 0 Å². The lowest BCUT2D eigenvalue weighted by Crippen LogP contribution is -2.01. The molecule has 0 unspecified atom stereocenters. The van der Waals surface area contributed by atoms with Gasteiger partial charge < -0.3 is 9.73 Å². The normalized spacial score (nSPS) is 11.5. The van der Waals surface area contributed by atoms with Gasteiger partial charge in [0.05, 0.1) is 16.1 Å². The van der Waals surface area contributed by atoms with Crippen molar-refractivity contribution in [1.29, 1.82) is 0 Å². The van der Waals surface area contributed by atoms with Crippen molar-refractivity contribution < 1.29 is 22.2 Å². The number of amides is 1. The third-order valence-corrected chi connectivity index (χ3v) is 3.88. The van der Waals surface area contributed by atoms with E-state index in [2.05, 4.69) is 10.3 Å². The van der Waals surface area contributed by atoms with Crippen LogP contribution in [-0.4, -0.2) is 24.4 Å². The van der Waals surface area contributed by atoms with E-state index in [1.807, 2.05) is 0 Å². The maximum atomic E-state index is 11.3. The first-order valence-corrected chi connectivity index (χ1v) is 7.61. The number of para-hydroxylation sites is 2. The van der Waals surface area contributed by atoms with Crippen LogP contribution in [0.3, 0.4) is 0 Å². The minimum absolute atomic E-state index is 0.135. The van der Waals surface area contributed by atoms with Gasteiger partial charge in [0.1, 0.15) is 5.52 Å². The summed E-state index contributed by atoms with van der Waals surface area (Å²) >= 11 is 0. The zero-order valence-corrected chi connectivity index (χ0v) is 11.9. The average Bonchev–Trinajstić information content (AvgIpc) is 2.90. The van der Waals surface area contributed by atoms with E-state index in [-0.39, 0.29) is 16.3 Å². The number of aromatic nitrogens is 1. The molecule has 0 fully saturated rings. The third kappa shape index (κ3) is 2.57. The van der Waals surface area contributed by atoms with Crippen molar-refractivity contribution in [1.82, 2.24) is 4.98 Å². The molecule has 0 aliphatic heterocycles. The van der Waals surface area contributed by atoms with Crippen molar-refractivity contribution in [2.45, 2.75) is 4.90 Å². The van der Waals surface area contributed by atoms with Crippen molar-refractivity contribution in [3.05, 3.63) is 42.5 Å². The van der Waals surface area contributed by atoms with E-state index in [4.69, 9.17) is 8.97 Å². The van der Waals surface area contributed by atoms with Crippen molar-refractivity contribution in [3.63, 3.8) is 0 Å². The molecule has 112 valence electrons. The number of anilines is 1. The Morgan fingerprint density at radius 2 is 1.95 bits per heavy atom. The molecule has 2 N–H and O–H groups in total. The lowest BCUT2D eigenvalue weighted by Gasteiger charge is -2.06. The third-order valence-electron chi connectivity index (χ3n) is 3.03. The molecule has 3 rings (SSSR count). The second-order valence-electron chi connectivity index (χ2n) is 4.43. The molecule has 0 radical (unpaired) electrons. The molecule has 8 heteroatoms. The molecule has 2 aromatic carbocycles. The zero-order chi connectivity index (χ0) is 15.7. The van der Waals surface area contributed by atoms with Gasteiger partial charge >= 0.3 is 0 Å². The average molecular weight is 318 g/mol. The van der Waals surface area contributed by atoms with Crippen molar-refractivity contribution in [3.8, 4) is 11.5 Å². The van der Waals surface area contributed by atoms with E-state index >= 15 is 0 Å². The number of hydrogen-bond donors (Lipinski definition) is 2. The van der Waals surface area contributed by atoms with Crippen LogP contribution in [0.15, 0.2) is 51.8 Å². The Morgan fingerprint density at radius 1 is 1.18 bits per heavy atom. The number of benzene rings is 2. The molecule has 0 aliphatic carbocycles. The highest BCUT2D eigenvalue weighted by Crippen LogP contribution is 2.32. The van der Waals surface area contributed by atoms with E-state index in [1.54, 1.807) is 24.3 Å². The molecular formula is C14H10N2O5S. The van der Waals surface area contributed by atoms with E-state index in [1.165, 1.54) is 18.2 Å². The van der Waals surface area contributed by atoms with Gasteiger partial charge in [0.25, 0.3) is 10.1 Å². The fraction of sp³-hybridized carbons (Fsp3) is 0. The summed E-state index contributed by atoms with van der Waals surface area (Å²) in [6.45, 7) is 0. The Labute approximate surface area is 125 Å². The summed E-state index contributed by atoms with van der Waals surface area (Å²) in [6.07, 6.45) is 0.453. The summed E-state index contributed by atoms with van der Waals surface area (Å²) in [5.41, 5.74) is 1.67. The van der Waals surface area contributed by atoms with Crippen LogP contribution < -0.4 is 5.32 Å². The predicted molar refractivity (Wildman–Crippen MR) is 78.9 cm³/mol. The van der Waals surface area contributed by atoms with Gasteiger partial charge in [-0.25, -0.2) is 4.98 Å². The number of rotatable bonds is 4. The minimum atomic E-state index is -4.38. The van der Waals surface area contributed by atoms with Crippen molar-refractivity contribution >= 4 is 33.3 Å². The molecule has 0 saturated carbocycles. The van der Waals surface area contributed by atoms with Crippen LogP contribution in [-0.2, 0) is 14.9 Å². The van der Waals surface area contributed by atoms with Gasteiger partial charge in [-0.2, -0.15) is 8.42 Å². The molecule has 0 saturated heterocycles. The quantitative estimate of drug-likeness (QED) is 0.564. The SMILES string of the molecule is O=CNc1ccc(S(=O)(=O)O)cc1-c1nc2ccccc2o1. The molecule has 3 aromatic rings. The molecule has 1 aromatic heterocycles. The standard InChI is InChI=1S/C14H10N2O5S/c17-8-15-11-6-5-9(22(18,19)20)7-10(11)14-16-12-3-1-2-4-13(12)21-14/h1-8H,(H,15,17)(H,18,19,20). The van der Waals surface area contributed by atoms with E-state index < -0.39 is 10.1 Å². The fourth-order valence-corrected chi connectivity index (χ4v) is 2.54. The molecular weight excluding hydrogens is 308 g/mol. The number of nitrogens with zero attached hydrogens (tertiary/aromatic N) is 1. The molecule has 0 aliphatic rings. The number of oxazole rings is 1. The van der Waals surface area contributed by atoms with Crippen molar-refractivity contribution in [2.24, 2.45) is 0 Å². The number of hydrogen-bond acceptors (Lipinski definition) is 5. The van der Waals surface area contributed by atoms with E-state index in [9.17, 15) is 13.2 Å². The summed E-state index contributed by atoms with van der Waals surface area (Å²) in [5, 5.41) is 2.44. The lowest BCUT2D eigenvalue weighted by molar-refractivity contribution is -0.105. The number of carbonyl (C=O) groups is 1.